The Kier molecular flexibility index (Phi) is 7.17. The van der Waals surface area contributed by atoms with Crippen LogP contribution < -0.4 is 11.1 Å². The van der Waals surface area contributed by atoms with Crippen LogP contribution in [0.1, 0.15) is 38.5 Å². The summed E-state index contributed by atoms with van der Waals surface area (Å²) in [7, 11) is 0. The second kappa shape index (κ2) is 8.53. The van der Waals surface area contributed by atoms with E-state index < -0.39 is 0 Å². The summed E-state index contributed by atoms with van der Waals surface area (Å²) in [5.41, 5.74) is 5.29. The highest BCUT2D eigenvalue weighted by Gasteiger charge is 2.20. The minimum absolute atomic E-state index is 0.235. The fraction of sp³-hybridized carbons (Fsp3) is 0.917. The molecule has 0 aromatic carbocycles. The summed E-state index contributed by atoms with van der Waals surface area (Å²) in [4.78, 5) is 11.7. The Bertz CT molecular complexity index is 191. The summed E-state index contributed by atoms with van der Waals surface area (Å²) in [6.07, 6.45) is 6.70. The lowest BCUT2D eigenvalue weighted by Gasteiger charge is -2.20. The van der Waals surface area contributed by atoms with Gasteiger partial charge in [-0.2, -0.15) is 0 Å². The first-order chi connectivity index (χ1) is 7.84. The van der Waals surface area contributed by atoms with Crippen molar-refractivity contribution in [2.45, 2.75) is 38.5 Å². The summed E-state index contributed by atoms with van der Waals surface area (Å²) in [5.74, 6) is 0.497. The number of hydrogen-bond donors (Lipinski definition) is 2. The molecule has 94 valence electrons. The van der Waals surface area contributed by atoms with E-state index >= 15 is 0 Å². The van der Waals surface area contributed by atoms with Gasteiger partial charge in [0.15, 0.2) is 0 Å². The van der Waals surface area contributed by atoms with Crippen LogP contribution in [0.2, 0.25) is 0 Å². The molecular formula is C12H24N2O2. The maximum Gasteiger partial charge on any atom is 0.223 e. The average molecular weight is 228 g/mol. The predicted octanol–water partition coefficient (Wildman–Crippen LogP) is 1.05. The van der Waals surface area contributed by atoms with E-state index in [0.29, 0.717) is 19.8 Å². The number of rotatable bonds is 7. The van der Waals surface area contributed by atoms with Gasteiger partial charge in [-0.25, -0.2) is 0 Å². The van der Waals surface area contributed by atoms with Crippen molar-refractivity contribution >= 4 is 5.91 Å². The minimum atomic E-state index is 0.235. The van der Waals surface area contributed by atoms with Gasteiger partial charge in [-0.3, -0.25) is 4.79 Å². The van der Waals surface area contributed by atoms with Crippen molar-refractivity contribution < 1.29 is 9.53 Å². The van der Waals surface area contributed by atoms with Gasteiger partial charge in [-0.05, 0) is 19.3 Å². The van der Waals surface area contributed by atoms with Gasteiger partial charge in [0, 0.05) is 25.6 Å². The highest BCUT2D eigenvalue weighted by atomic mass is 16.5. The zero-order valence-corrected chi connectivity index (χ0v) is 10.0. The molecule has 0 radical (unpaired) electrons. The van der Waals surface area contributed by atoms with Crippen LogP contribution in [0.5, 0.6) is 0 Å². The minimum Gasteiger partial charge on any atom is -0.380 e. The van der Waals surface area contributed by atoms with Crippen LogP contribution in [0.15, 0.2) is 0 Å². The summed E-state index contributed by atoms with van der Waals surface area (Å²) in [6.45, 7) is 2.58. The molecule has 0 unspecified atom stereocenters. The third-order valence-electron chi connectivity index (χ3n) is 3.00. The molecule has 1 aliphatic rings. The molecule has 1 rings (SSSR count). The van der Waals surface area contributed by atoms with Crippen LogP contribution >= 0.6 is 0 Å². The number of hydrogen-bond acceptors (Lipinski definition) is 3. The summed E-state index contributed by atoms with van der Waals surface area (Å²) >= 11 is 0. The standard InChI is InChI=1S/C12H24N2O2/c13-7-10-16-9-4-8-14-12(15)11-5-2-1-3-6-11/h11H,1-10,13H2,(H,14,15). The maximum absolute atomic E-state index is 11.7. The van der Waals surface area contributed by atoms with Crippen LogP contribution in [0, 0.1) is 5.92 Å². The van der Waals surface area contributed by atoms with E-state index in [2.05, 4.69) is 5.32 Å². The van der Waals surface area contributed by atoms with Gasteiger partial charge in [0.1, 0.15) is 0 Å². The molecule has 1 aliphatic carbocycles. The van der Waals surface area contributed by atoms with Crippen LogP contribution in [0.3, 0.4) is 0 Å². The maximum atomic E-state index is 11.7. The Balaban J connectivity index is 1.97. The Morgan fingerprint density at radius 3 is 2.69 bits per heavy atom. The van der Waals surface area contributed by atoms with E-state index in [1.54, 1.807) is 0 Å². The molecule has 1 fully saturated rings. The third kappa shape index (κ3) is 5.47. The number of carbonyl (C=O) groups is 1. The molecular weight excluding hydrogens is 204 g/mol. The molecule has 0 atom stereocenters. The molecule has 0 saturated heterocycles. The van der Waals surface area contributed by atoms with E-state index in [4.69, 9.17) is 10.5 Å². The third-order valence-corrected chi connectivity index (χ3v) is 3.00. The zero-order valence-electron chi connectivity index (χ0n) is 10.0. The number of ether oxygens (including phenoxy) is 1. The fourth-order valence-electron chi connectivity index (χ4n) is 2.08. The van der Waals surface area contributed by atoms with Crippen molar-refractivity contribution in [3.63, 3.8) is 0 Å². The SMILES string of the molecule is NCCOCCCNC(=O)C1CCCCC1. The highest BCUT2D eigenvalue weighted by molar-refractivity contribution is 5.78. The van der Waals surface area contributed by atoms with Gasteiger partial charge in [-0.15, -0.1) is 0 Å². The molecule has 4 nitrogen and oxygen atoms in total. The molecule has 0 aliphatic heterocycles. The lowest BCUT2D eigenvalue weighted by Crippen LogP contribution is -2.33. The zero-order chi connectivity index (χ0) is 11.6. The Morgan fingerprint density at radius 2 is 2.00 bits per heavy atom. The molecule has 3 N–H and O–H groups in total. The molecule has 0 aromatic rings. The molecule has 4 heteroatoms. The molecule has 0 heterocycles. The normalized spacial score (nSPS) is 17.3. The number of carbonyl (C=O) groups excluding carboxylic acids is 1. The van der Waals surface area contributed by atoms with Crippen molar-refractivity contribution in [1.82, 2.24) is 5.32 Å². The first kappa shape index (κ1) is 13.5. The van der Waals surface area contributed by atoms with Crippen LogP contribution in [-0.4, -0.2) is 32.2 Å². The molecule has 0 aromatic heterocycles. The van der Waals surface area contributed by atoms with Gasteiger partial charge < -0.3 is 15.8 Å². The summed E-state index contributed by atoms with van der Waals surface area (Å²) < 4.78 is 5.23. The molecule has 1 amide bonds. The van der Waals surface area contributed by atoms with Crippen molar-refractivity contribution in [2.75, 3.05) is 26.3 Å². The topological polar surface area (TPSA) is 64.3 Å². The highest BCUT2D eigenvalue weighted by Crippen LogP contribution is 2.23. The van der Waals surface area contributed by atoms with E-state index in [0.717, 1.165) is 25.8 Å². The van der Waals surface area contributed by atoms with E-state index in [9.17, 15) is 4.79 Å². The van der Waals surface area contributed by atoms with Gasteiger partial charge in [0.25, 0.3) is 0 Å². The largest absolute Gasteiger partial charge is 0.380 e. The molecule has 0 bridgehead atoms. The predicted molar refractivity (Wildman–Crippen MR) is 64.1 cm³/mol. The first-order valence-corrected chi connectivity index (χ1v) is 6.40. The van der Waals surface area contributed by atoms with E-state index in [1.807, 2.05) is 0 Å². The first-order valence-electron chi connectivity index (χ1n) is 6.40. The van der Waals surface area contributed by atoms with Crippen molar-refractivity contribution in [2.24, 2.45) is 11.7 Å². The summed E-state index contributed by atoms with van der Waals surface area (Å²) in [6, 6.07) is 0. The smallest absolute Gasteiger partial charge is 0.223 e. The van der Waals surface area contributed by atoms with Crippen molar-refractivity contribution in [1.29, 1.82) is 0 Å². The molecule has 0 spiro atoms. The van der Waals surface area contributed by atoms with E-state index in [1.165, 1.54) is 19.3 Å². The average Bonchev–Trinajstić information content (AvgIpc) is 2.34. The van der Waals surface area contributed by atoms with Gasteiger partial charge in [-0.1, -0.05) is 19.3 Å². The Hall–Kier alpha value is -0.610. The quantitative estimate of drug-likeness (QED) is 0.640. The second-order valence-corrected chi connectivity index (χ2v) is 4.38. The second-order valence-electron chi connectivity index (χ2n) is 4.38. The Labute approximate surface area is 97.9 Å². The summed E-state index contributed by atoms with van der Waals surface area (Å²) in [5, 5.41) is 2.98. The van der Waals surface area contributed by atoms with Crippen LogP contribution in [-0.2, 0) is 9.53 Å². The van der Waals surface area contributed by atoms with Crippen molar-refractivity contribution in [3.05, 3.63) is 0 Å². The Morgan fingerprint density at radius 1 is 1.25 bits per heavy atom. The van der Waals surface area contributed by atoms with E-state index in [-0.39, 0.29) is 11.8 Å². The van der Waals surface area contributed by atoms with Crippen LogP contribution in [0.4, 0.5) is 0 Å². The number of amides is 1. The molecule has 1 saturated carbocycles. The van der Waals surface area contributed by atoms with Gasteiger partial charge >= 0.3 is 0 Å². The lowest BCUT2D eigenvalue weighted by atomic mass is 9.89. The van der Waals surface area contributed by atoms with Gasteiger partial charge in [0.2, 0.25) is 5.91 Å². The lowest BCUT2D eigenvalue weighted by molar-refractivity contribution is -0.125. The van der Waals surface area contributed by atoms with Crippen LogP contribution in [0.25, 0.3) is 0 Å². The number of nitrogens with one attached hydrogen (secondary N) is 1. The monoisotopic (exact) mass is 228 g/mol. The van der Waals surface area contributed by atoms with Gasteiger partial charge in [0.05, 0.1) is 6.61 Å². The number of nitrogens with two attached hydrogens (primary N) is 1. The molecule has 16 heavy (non-hydrogen) atoms. The van der Waals surface area contributed by atoms with Crippen molar-refractivity contribution in [3.8, 4) is 0 Å². The fourth-order valence-corrected chi connectivity index (χ4v) is 2.08.